The van der Waals surface area contributed by atoms with Crippen LogP contribution in [0.1, 0.15) is 0 Å². The molecule has 0 saturated carbocycles. The Labute approximate surface area is 57.4 Å². The van der Waals surface area contributed by atoms with E-state index in [1.807, 2.05) is 0 Å². The lowest BCUT2D eigenvalue weighted by molar-refractivity contribution is 0.126. The maximum absolute atomic E-state index is 3.82. The van der Waals surface area contributed by atoms with Gasteiger partial charge in [-0.05, 0) is 33.1 Å². The van der Waals surface area contributed by atoms with Gasteiger partial charge in [0.15, 0.2) is 0 Å². The zero-order valence-corrected chi connectivity index (χ0v) is 6.30. The molecule has 0 bridgehead atoms. The van der Waals surface area contributed by atoms with E-state index >= 15 is 0 Å². The molecule has 1 aliphatic heterocycles. The van der Waals surface area contributed by atoms with Crippen molar-refractivity contribution < 1.29 is 0 Å². The Bertz CT molecular complexity index is 84.9. The topological polar surface area (TPSA) is 6.48 Å². The van der Waals surface area contributed by atoms with Crippen LogP contribution in [-0.2, 0) is 0 Å². The van der Waals surface area contributed by atoms with Gasteiger partial charge in [0.2, 0.25) is 0 Å². The normalized spacial score (nSPS) is 22.7. The molecule has 2 heteroatoms. The van der Waals surface area contributed by atoms with Crippen LogP contribution < -0.4 is 0 Å². The van der Waals surface area contributed by atoms with Crippen LogP contribution in [0.2, 0.25) is 0 Å². The summed E-state index contributed by atoms with van der Waals surface area (Å²) in [6.45, 7) is 3.57. The highest BCUT2D eigenvalue weighted by Gasteiger charge is 2.18. The van der Waals surface area contributed by atoms with Crippen molar-refractivity contribution in [3.63, 3.8) is 0 Å². The molecule has 0 aromatic carbocycles. The number of hydrogen-bond donors (Lipinski definition) is 0. The molecule has 1 rings (SSSR count). The largest absolute Gasteiger partial charge is 0.459 e. The summed E-state index contributed by atoms with van der Waals surface area (Å²) in [5.74, 6) is 0.873. The Balaban J connectivity index is 2.04. The first-order valence-electron chi connectivity index (χ1n) is 3.38. The number of likely N-dealkylation sites (tertiary alicyclic amines) is 1. The molecular formula is C7H15N2-. The van der Waals surface area contributed by atoms with E-state index in [1.165, 1.54) is 19.6 Å². The van der Waals surface area contributed by atoms with Crippen molar-refractivity contribution in [3.8, 4) is 0 Å². The molecule has 0 aliphatic carbocycles. The Hall–Kier alpha value is -0.0800. The van der Waals surface area contributed by atoms with Crippen molar-refractivity contribution in [2.24, 2.45) is 5.92 Å². The first-order chi connectivity index (χ1) is 4.18. The Morgan fingerprint density at radius 2 is 2.11 bits per heavy atom. The summed E-state index contributed by atoms with van der Waals surface area (Å²) in [4.78, 5) is 4.34. The highest BCUT2D eigenvalue weighted by molar-refractivity contribution is 4.80. The minimum absolute atomic E-state index is 0.873. The molecule has 2 nitrogen and oxygen atoms in total. The third-order valence-corrected chi connectivity index (χ3v) is 1.66. The van der Waals surface area contributed by atoms with Gasteiger partial charge in [0.1, 0.15) is 0 Å². The van der Waals surface area contributed by atoms with E-state index in [0.717, 1.165) is 5.92 Å². The van der Waals surface area contributed by atoms with Crippen LogP contribution in [0.15, 0.2) is 0 Å². The average Bonchev–Trinajstić information content (AvgIpc) is 1.60. The minimum Gasteiger partial charge on any atom is -0.459 e. The van der Waals surface area contributed by atoms with Gasteiger partial charge in [-0.1, -0.05) is 0 Å². The highest BCUT2D eigenvalue weighted by atomic mass is 15.2. The molecule has 9 heavy (non-hydrogen) atoms. The van der Waals surface area contributed by atoms with Gasteiger partial charge < -0.3 is 9.80 Å². The number of nitrogens with zero attached hydrogens (tertiary/aromatic N) is 2. The lowest BCUT2D eigenvalue weighted by atomic mass is 10.0. The molecule has 54 valence electrons. The van der Waals surface area contributed by atoms with Crippen LogP contribution in [0.5, 0.6) is 0 Å². The van der Waals surface area contributed by atoms with E-state index in [9.17, 15) is 0 Å². The zero-order valence-electron chi connectivity index (χ0n) is 6.30. The van der Waals surface area contributed by atoms with Crippen molar-refractivity contribution in [1.82, 2.24) is 9.80 Å². The van der Waals surface area contributed by atoms with Gasteiger partial charge in [-0.3, -0.25) is 7.05 Å². The predicted molar refractivity (Wildman–Crippen MR) is 39.0 cm³/mol. The second-order valence-electron chi connectivity index (χ2n) is 3.16. The van der Waals surface area contributed by atoms with Gasteiger partial charge in [0.05, 0.1) is 0 Å². The maximum atomic E-state index is 3.82. The van der Waals surface area contributed by atoms with Crippen LogP contribution in [0.25, 0.3) is 0 Å². The Morgan fingerprint density at radius 3 is 2.44 bits per heavy atom. The van der Waals surface area contributed by atoms with E-state index in [0.29, 0.717) is 0 Å². The van der Waals surface area contributed by atoms with E-state index in [4.69, 9.17) is 0 Å². The molecule has 1 fully saturated rings. The highest BCUT2D eigenvalue weighted by Crippen LogP contribution is 2.13. The fourth-order valence-electron chi connectivity index (χ4n) is 1.31. The summed E-state index contributed by atoms with van der Waals surface area (Å²) in [5, 5.41) is 0. The summed E-state index contributed by atoms with van der Waals surface area (Å²) in [6.07, 6.45) is 0. The quantitative estimate of drug-likeness (QED) is 0.491. The Kier molecular flexibility index (Phi) is 2.09. The third-order valence-electron chi connectivity index (χ3n) is 1.66. The van der Waals surface area contributed by atoms with Crippen molar-refractivity contribution in [2.75, 3.05) is 33.7 Å². The van der Waals surface area contributed by atoms with Gasteiger partial charge in [-0.15, -0.1) is 0 Å². The smallest absolute Gasteiger partial charge is 0.00262 e. The van der Waals surface area contributed by atoms with Crippen molar-refractivity contribution in [3.05, 3.63) is 7.05 Å². The molecule has 0 atom stereocenters. The van der Waals surface area contributed by atoms with Crippen LogP contribution in [-0.4, -0.2) is 43.5 Å². The second-order valence-corrected chi connectivity index (χ2v) is 3.16. The van der Waals surface area contributed by atoms with E-state index < -0.39 is 0 Å². The van der Waals surface area contributed by atoms with Gasteiger partial charge in [-0.25, -0.2) is 0 Å². The van der Waals surface area contributed by atoms with Crippen LogP contribution in [0.4, 0.5) is 0 Å². The summed E-state index contributed by atoms with van der Waals surface area (Å²) in [6, 6.07) is 0. The Morgan fingerprint density at radius 1 is 1.56 bits per heavy atom. The summed E-state index contributed by atoms with van der Waals surface area (Å²) in [7, 11) is 8.05. The molecule has 0 spiro atoms. The number of rotatable bonds is 2. The monoisotopic (exact) mass is 127 g/mol. The van der Waals surface area contributed by atoms with E-state index in [1.54, 1.807) is 0 Å². The SMILES string of the molecule is [CH2-]N1CC(CN(C)C)C1. The maximum Gasteiger partial charge on any atom is 0.00262 e. The molecule has 1 heterocycles. The molecule has 0 aromatic rings. The molecular weight excluding hydrogens is 112 g/mol. The van der Waals surface area contributed by atoms with Crippen LogP contribution >= 0.6 is 0 Å². The van der Waals surface area contributed by atoms with Gasteiger partial charge in [0.25, 0.3) is 0 Å². The van der Waals surface area contributed by atoms with Crippen LogP contribution in [0, 0.1) is 13.0 Å². The lowest BCUT2D eigenvalue weighted by Crippen LogP contribution is -2.46. The average molecular weight is 127 g/mol. The fourth-order valence-corrected chi connectivity index (χ4v) is 1.31. The third kappa shape index (κ3) is 1.95. The van der Waals surface area contributed by atoms with E-state index in [2.05, 4.69) is 30.9 Å². The lowest BCUT2D eigenvalue weighted by Gasteiger charge is -2.44. The van der Waals surface area contributed by atoms with E-state index in [-0.39, 0.29) is 0 Å². The summed E-state index contributed by atoms with van der Waals surface area (Å²) < 4.78 is 0. The fraction of sp³-hybridized carbons (Fsp3) is 0.857. The molecule has 1 aliphatic rings. The van der Waals surface area contributed by atoms with Crippen molar-refractivity contribution in [1.29, 1.82) is 0 Å². The summed E-state index contributed by atoms with van der Waals surface area (Å²) in [5.41, 5.74) is 0. The molecule has 0 aromatic heterocycles. The van der Waals surface area contributed by atoms with Gasteiger partial charge >= 0.3 is 0 Å². The minimum atomic E-state index is 0.873. The first kappa shape index (κ1) is 7.03. The molecule has 0 radical (unpaired) electrons. The van der Waals surface area contributed by atoms with Gasteiger partial charge in [-0.2, -0.15) is 0 Å². The predicted octanol–water partition coefficient (Wildman–Crippen LogP) is 0.271. The van der Waals surface area contributed by atoms with Crippen molar-refractivity contribution >= 4 is 0 Å². The second kappa shape index (κ2) is 2.67. The first-order valence-corrected chi connectivity index (χ1v) is 3.38. The van der Waals surface area contributed by atoms with Gasteiger partial charge in [0, 0.05) is 6.54 Å². The molecule has 0 N–H and O–H groups in total. The molecule has 0 unspecified atom stereocenters. The summed E-state index contributed by atoms with van der Waals surface area (Å²) >= 11 is 0. The zero-order chi connectivity index (χ0) is 6.85. The van der Waals surface area contributed by atoms with Crippen LogP contribution in [0.3, 0.4) is 0 Å². The molecule has 1 saturated heterocycles. The number of hydrogen-bond acceptors (Lipinski definition) is 2. The standard InChI is InChI=1S/C7H15N2/c1-8(2)4-7-5-9(3)6-7/h7H,3-6H2,1-2H3/q-1. The molecule has 0 amide bonds. The van der Waals surface area contributed by atoms with Crippen molar-refractivity contribution in [2.45, 2.75) is 0 Å².